The molecule has 0 amide bonds. The first-order valence-electron chi connectivity index (χ1n) is 5.69. The van der Waals surface area contributed by atoms with Crippen molar-refractivity contribution in [2.24, 2.45) is 0 Å². The molecule has 0 aliphatic heterocycles. The number of anilines is 2. The van der Waals surface area contributed by atoms with E-state index < -0.39 is 0 Å². The molecule has 0 saturated heterocycles. The first-order chi connectivity index (χ1) is 8.66. The molecule has 0 atom stereocenters. The number of nitrogen functional groups attached to an aromatic ring is 1. The minimum atomic E-state index is -0.328. The highest BCUT2D eigenvalue weighted by Crippen LogP contribution is 2.21. The van der Waals surface area contributed by atoms with E-state index >= 15 is 0 Å². The maximum Gasteiger partial charge on any atom is 0.148 e. The van der Waals surface area contributed by atoms with Crippen molar-refractivity contribution >= 4 is 23.0 Å². The van der Waals surface area contributed by atoms with E-state index in [1.54, 1.807) is 12.1 Å². The monoisotopic (exact) mass is 264 g/mol. The molecule has 0 aliphatic rings. The standard InChI is InChI=1S/C14H14ClFN2/c15-11-6-4-10(5-7-11)8-9-18-14-12(16)2-1-3-13(14)17/h1-7,18H,8-9,17H2. The second-order valence-electron chi connectivity index (χ2n) is 4.01. The Morgan fingerprint density at radius 3 is 2.50 bits per heavy atom. The highest BCUT2D eigenvalue weighted by molar-refractivity contribution is 6.30. The molecule has 0 radical (unpaired) electrons. The molecule has 0 heterocycles. The van der Waals surface area contributed by atoms with Gasteiger partial charge in [0.1, 0.15) is 5.82 Å². The molecule has 0 saturated carbocycles. The smallest absolute Gasteiger partial charge is 0.148 e. The molecular formula is C14H14ClFN2. The zero-order valence-electron chi connectivity index (χ0n) is 9.79. The Bertz CT molecular complexity index is 506. The van der Waals surface area contributed by atoms with Crippen LogP contribution < -0.4 is 11.1 Å². The van der Waals surface area contributed by atoms with Gasteiger partial charge in [0.05, 0.1) is 11.4 Å². The fourth-order valence-corrected chi connectivity index (χ4v) is 1.84. The fourth-order valence-electron chi connectivity index (χ4n) is 1.71. The molecule has 4 heteroatoms. The van der Waals surface area contributed by atoms with Crippen LogP contribution in [0.3, 0.4) is 0 Å². The van der Waals surface area contributed by atoms with Gasteiger partial charge in [0.25, 0.3) is 0 Å². The number of hydrogen-bond donors (Lipinski definition) is 2. The van der Waals surface area contributed by atoms with Gasteiger partial charge < -0.3 is 11.1 Å². The van der Waals surface area contributed by atoms with Crippen molar-refractivity contribution in [3.63, 3.8) is 0 Å². The summed E-state index contributed by atoms with van der Waals surface area (Å²) < 4.78 is 13.5. The summed E-state index contributed by atoms with van der Waals surface area (Å²) in [6, 6.07) is 12.2. The van der Waals surface area contributed by atoms with Crippen molar-refractivity contribution < 1.29 is 4.39 Å². The lowest BCUT2D eigenvalue weighted by atomic mass is 10.1. The lowest BCUT2D eigenvalue weighted by molar-refractivity contribution is 0.630. The number of rotatable bonds is 4. The van der Waals surface area contributed by atoms with Crippen LogP contribution in [0, 0.1) is 5.82 Å². The molecule has 2 aromatic rings. The summed E-state index contributed by atoms with van der Waals surface area (Å²) in [6.45, 7) is 0.618. The minimum absolute atomic E-state index is 0.328. The van der Waals surface area contributed by atoms with Crippen molar-refractivity contribution in [2.75, 3.05) is 17.6 Å². The predicted molar refractivity (Wildman–Crippen MR) is 74.5 cm³/mol. The van der Waals surface area contributed by atoms with Crippen LogP contribution in [0.5, 0.6) is 0 Å². The molecule has 3 N–H and O–H groups in total. The molecule has 0 spiro atoms. The Hall–Kier alpha value is -1.74. The second-order valence-corrected chi connectivity index (χ2v) is 4.44. The van der Waals surface area contributed by atoms with Crippen LogP contribution in [-0.4, -0.2) is 6.54 Å². The van der Waals surface area contributed by atoms with Gasteiger partial charge in [0.2, 0.25) is 0 Å². The van der Waals surface area contributed by atoms with Crippen molar-refractivity contribution in [2.45, 2.75) is 6.42 Å². The van der Waals surface area contributed by atoms with E-state index in [0.29, 0.717) is 22.9 Å². The van der Waals surface area contributed by atoms with Crippen LogP contribution in [0.15, 0.2) is 42.5 Å². The van der Waals surface area contributed by atoms with Crippen LogP contribution in [-0.2, 0) is 6.42 Å². The van der Waals surface area contributed by atoms with E-state index in [4.69, 9.17) is 17.3 Å². The summed E-state index contributed by atoms with van der Waals surface area (Å²) in [5.41, 5.74) is 7.63. The number of para-hydroxylation sites is 1. The topological polar surface area (TPSA) is 38.0 Å². The van der Waals surface area contributed by atoms with E-state index in [0.717, 1.165) is 12.0 Å². The predicted octanol–water partition coefficient (Wildman–Crippen LogP) is 3.72. The third kappa shape index (κ3) is 3.14. The molecule has 2 rings (SSSR count). The van der Waals surface area contributed by atoms with E-state index in [2.05, 4.69) is 5.32 Å². The number of halogens is 2. The molecule has 2 nitrogen and oxygen atoms in total. The number of hydrogen-bond acceptors (Lipinski definition) is 2. The van der Waals surface area contributed by atoms with Crippen molar-refractivity contribution in [1.82, 2.24) is 0 Å². The fraction of sp³-hybridized carbons (Fsp3) is 0.143. The molecule has 0 bridgehead atoms. The van der Waals surface area contributed by atoms with Gasteiger partial charge in [-0.1, -0.05) is 29.8 Å². The van der Waals surface area contributed by atoms with Gasteiger partial charge in [-0.2, -0.15) is 0 Å². The molecule has 18 heavy (non-hydrogen) atoms. The summed E-state index contributed by atoms with van der Waals surface area (Å²) in [5.74, 6) is -0.328. The molecule has 0 fully saturated rings. The molecular weight excluding hydrogens is 251 g/mol. The zero-order chi connectivity index (χ0) is 13.0. The lowest BCUT2D eigenvalue weighted by Crippen LogP contribution is -2.08. The Morgan fingerprint density at radius 2 is 1.83 bits per heavy atom. The van der Waals surface area contributed by atoms with Crippen LogP contribution >= 0.6 is 11.6 Å². The van der Waals surface area contributed by atoms with E-state index in [1.165, 1.54) is 6.07 Å². The van der Waals surface area contributed by atoms with Gasteiger partial charge in [-0.25, -0.2) is 4.39 Å². The highest BCUT2D eigenvalue weighted by atomic mass is 35.5. The molecule has 2 aromatic carbocycles. The van der Waals surface area contributed by atoms with Gasteiger partial charge in [-0.3, -0.25) is 0 Å². The third-order valence-corrected chi connectivity index (χ3v) is 2.93. The van der Waals surface area contributed by atoms with E-state index in [9.17, 15) is 4.39 Å². The van der Waals surface area contributed by atoms with Gasteiger partial charge in [0, 0.05) is 11.6 Å². The van der Waals surface area contributed by atoms with E-state index in [1.807, 2.05) is 24.3 Å². The Morgan fingerprint density at radius 1 is 1.11 bits per heavy atom. The third-order valence-electron chi connectivity index (χ3n) is 2.67. The molecule has 0 aromatic heterocycles. The van der Waals surface area contributed by atoms with Gasteiger partial charge in [-0.15, -0.1) is 0 Å². The van der Waals surface area contributed by atoms with E-state index in [-0.39, 0.29) is 5.82 Å². The quantitative estimate of drug-likeness (QED) is 0.826. The molecule has 0 unspecified atom stereocenters. The van der Waals surface area contributed by atoms with Crippen molar-refractivity contribution in [3.05, 3.63) is 58.9 Å². The average molecular weight is 265 g/mol. The van der Waals surface area contributed by atoms with Gasteiger partial charge in [-0.05, 0) is 36.2 Å². The number of nitrogens with two attached hydrogens (primary N) is 1. The van der Waals surface area contributed by atoms with Crippen molar-refractivity contribution in [1.29, 1.82) is 0 Å². The van der Waals surface area contributed by atoms with Crippen LogP contribution in [0.1, 0.15) is 5.56 Å². The molecule has 94 valence electrons. The van der Waals surface area contributed by atoms with Crippen LogP contribution in [0.2, 0.25) is 5.02 Å². The van der Waals surface area contributed by atoms with Gasteiger partial charge in [0.15, 0.2) is 0 Å². The maximum absolute atomic E-state index is 13.5. The number of benzene rings is 2. The summed E-state index contributed by atoms with van der Waals surface area (Å²) in [6.07, 6.45) is 0.783. The lowest BCUT2D eigenvalue weighted by Gasteiger charge is -2.10. The van der Waals surface area contributed by atoms with Crippen LogP contribution in [0.4, 0.5) is 15.8 Å². The number of nitrogens with one attached hydrogen (secondary N) is 1. The molecule has 0 aliphatic carbocycles. The first kappa shape index (κ1) is 12.7. The summed E-state index contributed by atoms with van der Waals surface area (Å²) in [7, 11) is 0. The average Bonchev–Trinajstić information content (AvgIpc) is 2.35. The normalized spacial score (nSPS) is 10.3. The maximum atomic E-state index is 13.5. The Balaban J connectivity index is 1.94. The minimum Gasteiger partial charge on any atom is -0.397 e. The summed E-state index contributed by atoms with van der Waals surface area (Å²) >= 11 is 5.80. The zero-order valence-corrected chi connectivity index (χ0v) is 10.5. The summed E-state index contributed by atoms with van der Waals surface area (Å²) in [5, 5.41) is 3.72. The summed E-state index contributed by atoms with van der Waals surface area (Å²) in [4.78, 5) is 0. The highest BCUT2D eigenvalue weighted by Gasteiger charge is 2.04. The largest absolute Gasteiger partial charge is 0.397 e. The van der Waals surface area contributed by atoms with Crippen LogP contribution in [0.25, 0.3) is 0 Å². The van der Waals surface area contributed by atoms with Crippen molar-refractivity contribution in [3.8, 4) is 0 Å². The Labute approximate surface area is 111 Å². The second kappa shape index (κ2) is 5.74. The Kier molecular flexibility index (Phi) is 4.05. The van der Waals surface area contributed by atoms with Gasteiger partial charge >= 0.3 is 0 Å². The SMILES string of the molecule is Nc1cccc(F)c1NCCc1ccc(Cl)cc1. The first-order valence-corrected chi connectivity index (χ1v) is 6.07.